The number of imidazole rings is 1. The lowest BCUT2D eigenvalue weighted by Gasteiger charge is -2.25. The van der Waals surface area contributed by atoms with Crippen molar-refractivity contribution in [1.82, 2.24) is 25.1 Å². The normalized spacial score (nSPS) is 20.3. The van der Waals surface area contributed by atoms with E-state index in [4.69, 9.17) is 4.74 Å². The minimum absolute atomic E-state index is 0.0548. The summed E-state index contributed by atoms with van der Waals surface area (Å²) >= 11 is 0. The van der Waals surface area contributed by atoms with Crippen molar-refractivity contribution in [2.75, 3.05) is 6.54 Å². The number of hydrogen-bond acceptors (Lipinski definition) is 4. The Morgan fingerprint density at radius 1 is 1.52 bits per heavy atom. The largest absolute Gasteiger partial charge is 0.369 e. The molecule has 0 radical (unpaired) electrons. The molecule has 23 heavy (non-hydrogen) atoms. The smallest absolute Gasteiger partial charge is 0.272 e. The molecule has 0 saturated carbocycles. The maximum absolute atomic E-state index is 12.4. The number of nitrogens with zero attached hydrogens (tertiary/aromatic N) is 3. The first-order valence-electron chi connectivity index (χ1n) is 8.11. The van der Waals surface area contributed by atoms with Gasteiger partial charge in [0.05, 0.1) is 17.9 Å². The molecular weight excluding hydrogens is 294 g/mol. The molecule has 2 aromatic rings. The third-order valence-electron chi connectivity index (χ3n) is 4.20. The molecule has 2 aromatic heterocycles. The third-order valence-corrected chi connectivity index (χ3v) is 4.20. The quantitative estimate of drug-likeness (QED) is 0.877. The molecule has 7 nitrogen and oxygen atoms in total. The number of nitrogens with one attached hydrogen (secondary N) is 2. The lowest BCUT2D eigenvalue weighted by atomic mass is 9.99. The van der Waals surface area contributed by atoms with Gasteiger partial charge in [-0.05, 0) is 13.8 Å². The van der Waals surface area contributed by atoms with Gasteiger partial charge in [0.25, 0.3) is 5.91 Å². The maximum atomic E-state index is 12.4. The van der Waals surface area contributed by atoms with E-state index in [1.807, 2.05) is 20.0 Å². The molecule has 1 amide bonds. The standard InChI is InChI=1S/C16H23N5O2/c1-4-13-17-5-7-21(13)8-6-18-16(22)15-12-9-10(2)23-11(3)14(12)19-20-15/h5,7,10-11H,4,6,8-9H2,1-3H3,(H,18,22)(H,19,20)/t10-,11+/m0/s1. The van der Waals surface area contributed by atoms with Gasteiger partial charge in [0, 0.05) is 43.9 Å². The predicted octanol–water partition coefficient (Wildman–Crippen LogP) is 1.62. The highest BCUT2D eigenvalue weighted by Gasteiger charge is 2.29. The van der Waals surface area contributed by atoms with E-state index in [9.17, 15) is 4.79 Å². The average Bonchev–Trinajstić information content (AvgIpc) is 3.13. The van der Waals surface area contributed by atoms with Gasteiger partial charge in [0.15, 0.2) is 5.69 Å². The second kappa shape index (κ2) is 6.54. The monoisotopic (exact) mass is 317 g/mol. The van der Waals surface area contributed by atoms with Crippen molar-refractivity contribution < 1.29 is 9.53 Å². The first kappa shape index (κ1) is 15.7. The third kappa shape index (κ3) is 3.14. The van der Waals surface area contributed by atoms with Crippen LogP contribution < -0.4 is 5.32 Å². The van der Waals surface area contributed by atoms with Crippen LogP contribution in [0.15, 0.2) is 12.4 Å². The molecule has 0 aromatic carbocycles. The van der Waals surface area contributed by atoms with Crippen LogP contribution in [0, 0.1) is 0 Å². The zero-order valence-corrected chi connectivity index (χ0v) is 13.8. The van der Waals surface area contributed by atoms with Crippen LogP contribution in [0.5, 0.6) is 0 Å². The molecule has 1 aliphatic heterocycles. The van der Waals surface area contributed by atoms with Crippen LogP contribution in [0.2, 0.25) is 0 Å². The summed E-state index contributed by atoms with van der Waals surface area (Å²) in [4.78, 5) is 16.7. The van der Waals surface area contributed by atoms with Gasteiger partial charge in [-0.2, -0.15) is 5.10 Å². The van der Waals surface area contributed by atoms with Gasteiger partial charge in [-0.3, -0.25) is 9.89 Å². The lowest BCUT2D eigenvalue weighted by Crippen LogP contribution is -2.30. The zero-order chi connectivity index (χ0) is 16.4. The van der Waals surface area contributed by atoms with E-state index in [2.05, 4.69) is 32.0 Å². The number of amides is 1. The Labute approximate surface area is 135 Å². The molecule has 0 saturated heterocycles. The van der Waals surface area contributed by atoms with Crippen molar-refractivity contribution in [1.29, 1.82) is 0 Å². The number of ether oxygens (including phenoxy) is 1. The summed E-state index contributed by atoms with van der Waals surface area (Å²) in [6.45, 7) is 7.31. The van der Waals surface area contributed by atoms with Crippen molar-refractivity contribution in [3.8, 4) is 0 Å². The number of aryl methyl sites for hydroxylation is 1. The maximum Gasteiger partial charge on any atom is 0.272 e. The molecule has 2 N–H and O–H groups in total. The Bertz CT molecular complexity index is 690. The lowest BCUT2D eigenvalue weighted by molar-refractivity contribution is -0.00697. The summed E-state index contributed by atoms with van der Waals surface area (Å²) in [5.41, 5.74) is 2.38. The minimum Gasteiger partial charge on any atom is -0.369 e. The summed E-state index contributed by atoms with van der Waals surface area (Å²) in [6, 6.07) is 0. The Balaban J connectivity index is 1.63. The summed E-state index contributed by atoms with van der Waals surface area (Å²) in [7, 11) is 0. The number of aromatic amines is 1. The van der Waals surface area contributed by atoms with E-state index in [0.717, 1.165) is 23.5 Å². The van der Waals surface area contributed by atoms with Crippen molar-refractivity contribution in [2.45, 2.75) is 52.4 Å². The molecule has 3 heterocycles. The number of aromatic nitrogens is 4. The van der Waals surface area contributed by atoms with E-state index in [-0.39, 0.29) is 18.1 Å². The molecule has 2 atom stereocenters. The van der Waals surface area contributed by atoms with Gasteiger partial charge in [0.2, 0.25) is 0 Å². The zero-order valence-electron chi connectivity index (χ0n) is 13.8. The van der Waals surface area contributed by atoms with Crippen molar-refractivity contribution in [3.05, 3.63) is 35.2 Å². The van der Waals surface area contributed by atoms with Crippen molar-refractivity contribution in [3.63, 3.8) is 0 Å². The fourth-order valence-corrected chi connectivity index (χ4v) is 3.09. The Morgan fingerprint density at radius 3 is 3.13 bits per heavy atom. The second-order valence-corrected chi connectivity index (χ2v) is 5.90. The fourth-order valence-electron chi connectivity index (χ4n) is 3.09. The van der Waals surface area contributed by atoms with Crippen LogP contribution in [-0.4, -0.2) is 38.3 Å². The number of H-pyrrole nitrogens is 1. The molecular formula is C16H23N5O2. The molecule has 3 rings (SSSR count). The molecule has 0 fully saturated rings. The minimum atomic E-state index is -0.137. The summed E-state index contributed by atoms with van der Waals surface area (Å²) < 4.78 is 7.80. The van der Waals surface area contributed by atoms with Crippen LogP contribution in [0.25, 0.3) is 0 Å². The van der Waals surface area contributed by atoms with Gasteiger partial charge in [-0.1, -0.05) is 6.92 Å². The molecule has 0 spiro atoms. The van der Waals surface area contributed by atoms with Gasteiger partial charge in [-0.25, -0.2) is 4.98 Å². The summed E-state index contributed by atoms with van der Waals surface area (Å²) in [5, 5.41) is 10.1. The average molecular weight is 317 g/mol. The first-order valence-corrected chi connectivity index (χ1v) is 8.11. The van der Waals surface area contributed by atoms with Gasteiger partial charge in [0.1, 0.15) is 5.82 Å². The topological polar surface area (TPSA) is 84.8 Å². The van der Waals surface area contributed by atoms with E-state index >= 15 is 0 Å². The van der Waals surface area contributed by atoms with Gasteiger partial charge in [-0.15, -0.1) is 0 Å². The van der Waals surface area contributed by atoms with Crippen LogP contribution in [-0.2, 0) is 24.1 Å². The first-order chi connectivity index (χ1) is 11.1. The van der Waals surface area contributed by atoms with Crippen molar-refractivity contribution in [2.24, 2.45) is 0 Å². The van der Waals surface area contributed by atoms with Crippen LogP contribution in [0.1, 0.15) is 54.4 Å². The SMILES string of the molecule is CCc1nccn1CCNC(=O)c1n[nH]c2c1C[C@H](C)O[C@@H]2C. The van der Waals surface area contributed by atoms with Crippen LogP contribution >= 0.6 is 0 Å². The predicted molar refractivity (Wildman–Crippen MR) is 85.2 cm³/mol. The Hall–Kier alpha value is -2.15. The van der Waals surface area contributed by atoms with Crippen LogP contribution in [0.4, 0.5) is 0 Å². The van der Waals surface area contributed by atoms with Crippen LogP contribution in [0.3, 0.4) is 0 Å². The molecule has 1 aliphatic rings. The second-order valence-electron chi connectivity index (χ2n) is 5.90. The number of carbonyl (C=O) groups excluding carboxylic acids is 1. The molecule has 0 aliphatic carbocycles. The summed E-state index contributed by atoms with van der Waals surface area (Å²) in [6.07, 6.45) is 5.35. The number of hydrogen-bond donors (Lipinski definition) is 2. The number of carbonyl (C=O) groups is 1. The van der Waals surface area contributed by atoms with E-state index in [1.165, 1.54) is 0 Å². The molecule has 7 heteroatoms. The highest BCUT2D eigenvalue weighted by molar-refractivity contribution is 5.94. The van der Waals surface area contributed by atoms with E-state index in [0.29, 0.717) is 25.2 Å². The number of rotatable bonds is 5. The highest BCUT2D eigenvalue weighted by Crippen LogP contribution is 2.29. The Kier molecular flexibility index (Phi) is 4.47. The summed E-state index contributed by atoms with van der Waals surface area (Å²) in [5.74, 6) is 0.887. The molecule has 0 bridgehead atoms. The van der Waals surface area contributed by atoms with E-state index in [1.54, 1.807) is 6.20 Å². The Morgan fingerprint density at radius 2 is 2.35 bits per heavy atom. The fraction of sp³-hybridized carbons (Fsp3) is 0.562. The molecule has 0 unspecified atom stereocenters. The van der Waals surface area contributed by atoms with Gasteiger partial charge < -0.3 is 14.6 Å². The number of fused-ring (bicyclic) bond motifs is 1. The van der Waals surface area contributed by atoms with Crippen molar-refractivity contribution >= 4 is 5.91 Å². The van der Waals surface area contributed by atoms with E-state index < -0.39 is 0 Å². The molecule has 124 valence electrons. The highest BCUT2D eigenvalue weighted by atomic mass is 16.5. The van der Waals surface area contributed by atoms with Gasteiger partial charge >= 0.3 is 0 Å².